The van der Waals surface area contributed by atoms with E-state index in [9.17, 15) is 9.18 Å². The molecule has 0 radical (unpaired) electrons. The minimum atomic E-state index is -0.307. The summed E-state index contributed by atoms with van der Waals surface area (Å²) in [5.74, 6) is -0.159. The van der Waals surface area contributed by atoms with E-state index in [1.807, 2.05) is 26.8 Å². The molecule has 0 saturated carbocycles. The second kappa shape index (κ2) is 11.3. The summed E-state index contributed by atoms with van der Waals surface area (Å²) in [4.78, 5) is 16.0. The number of hydrogen-bond donors (Lipinski definition) is 2. The lowest BCUT2D eigenvalue weighted by Gasteiger charge is -2.24. The van der Waals surface area contributed by atoms with Gasteiger partial charge in [0.15, 0.2) is 5.96 Å². The average Bonchev–Trinajstić information content (AvgIpc) is 2.56. The highest BCUT2D eigenvalue weighted by Gasteiger charge is 2.21. The number of benzene rings is 1. The molecule has 2 N–H and O–H groups in total. The highest BCUT2D eigenvalue weighted by molar-refractivity contribution is 14.0. The molecule has 0 saturated heterocycles. The number of guanidine groups is 1. The second-order valence-corrected chi connectivity index (χ2v) is 6.39. The largest absolute Gasteiger partial charge is 0.469 e. The maximum absolute atomic E-state index is 13.4. The van der Waals surface area contributed by atoms with Crippen LogP contribution in [-0.2, 0) is 14.9 Å². The third-order valence-corrected chi connectivity index (χ3v) is 3.76. The first-order valence-corrected chi connectivity index (χ1v) is 8.16. The standard InChI is InChI=1S/C18H28FN3O2.HI/c1-6-20-17(21-11-13(2)16(23)24-5)22-12-18(3,4)14-8-7-9-15(19)10-14;/h7-10,13H,6,11-12H2,1-5H3,(H2,20,21,22);1H. The van der Waals surface area contributed by atoms with Crippen LogP contribution >= 0.6 is 24.0 Å². The maximum atomic E-state index is 13.4. The fourth-order valence-corrected chi connectivity index (χ4v) is 2.15. The van der Waals surface area contributed by atoms with Gasteiger partial charge in [0.1, 0.15) is 5.82 Å². The predicted octanol–water partition coefficient (Wildman–Crippen LogP) is 3.09. The zero-order valence-electron chi connectivity index (χ0n) is 15.6. The molecule has 1 aromatic rings. The third-order valence-electron chi connectivity index (χ3n) is 3.76. The van der Waals surface area contributed by atoms with E-state index in [1.54, 1.807) is 13.0 Å². The monoisotopic (exact) mass is 465 g/mol. The summed E-state index contributed by atoms with van der Waals surface area (Å²) in [6.45, 7) is 9.42. The van der Waals surface area contributed by atoms with Gasteiger partial charge in [-0.15, -0.1) is 24.0 Å². The van der Waals surface area contributed by atoms with Crippen LogP contribution in [0.4, 0.5) is 4.39 Å². The van der Waals surface area contributed by atoms with Crippen molar-refractivity contribution in [2.75, 3.05) is 26.7 Å². The van der Waals surface area contributed by atoms with E-state index in [2.05, 4.69) is 15.6 Å². The summed E-state index contributed by atoms with van der Waals surface area (Å²) in [6.07, 6.45) is 0. The van der Waals surface area contributed by atoms with Gasteiger partial charge in [0.2, 0.25) is 0 Å². The van der Waals surface area contributed by atoms with Crippen LogP contribution < -0.4 is 10.6 Å². The quantitative estimate of drug-likeness (QED) is 0.281. The zero-order valence-corrected chi connectivity index (χ0v) is 17.9. The Bertz CT molecular complexity index is 579. The van der Waals surface area contributed by atoms with Crippen LogP contribution in [0.5, 0.6) is 0 Å². The highest BCUT2D eigenvalue weighted by Crippen LogP contribution is 2.24. The normalized spacial score (nSPS) is 12.8. The molecule has 5 nitrogen and oxygen atoms in total. The Morgan fingerprint density at radius 2 is 2.04 bits per heavy atom. The Labute approximate surface area is 166 Å². The molecule has 0 amide bonds. The molecule has 0 heterocycles. The van der Waals surface area contributed by atoms with Crippen molar-refractivity contribution in [3.05, 3.63) is 35.6 Å². The lowest BCUT2D eigenvalue weighted by Crippen LogP contribution is -2.41. The van der Waals surface area contributed by atoms with Gasteiger partial charge in [-0.1, -0.05) is 32.9 Å². The van der Waals surface area contributed by atoms with Crippen molar-refractivity contribution < 1.29 is 13.9 Å². The summed E-state index contributed by atoms with van der Waals surface area (Å²) in [5.41, 5.74) is 0.586. The first kappa shape index (κ1) is 23.6. The van der Waals surface area contributed by atoms with Crippen LogP contribution in [0.2, 0.25) is 0 Å². The van der Waals surface area contributed by atoms with Crippen molar-refractivity contribution in [3.8, 4) is 0 Å². The molecule has 0 spiro atoms. The molecule has 25 heavy (non-hydrogen) atoms. The Morgan fingerprint density at radius 3 is 2.60 bits per heavy atom. The van der Waals surface area contributed by atoms with E-state index < -0.39 is 0 Å². The van der Waals surface area contributed by atoms with Crippen molar-refractivity contribution in [2.24, 2.45) is 10.9 Å². The number of rotatable bonds is 7. The van der Waals surface area contributed by atoms with E-state index in [0.717, 1.165) is 5.56 Å². The van der Waals surface area contributed by atoms with Gasteiger partial charge in [-0.3, -0.25) is 9.79 Å². The molecule has 0 aliphatic heterocycles. The van der Waals surface area contributed by atoms with Crippen molar-refractivity contribution in [3.63, 3.8) is 0 Å². The van der Waals surface area contributed by atoms with Gasteiger partial charge >= 0.3 is 5.97 Å². The topological polar surface area (TPSA) is 62.7 Å². The molecule has 142 valence electrons. The SMILES string of the molecule is CCNC(=NCC(C)(C)c1cccc(F)c1)NCC(C)C(=O)OC.I. The van der Waals surface area contributed by atoms with E-state index in [0.29, 0.717) is 25.6 Å². The average molecular weight is 465 g/mol. The Balaban J connectivity index is 0.00000576. The second-order valence-electron chi connectivity index (χ2n) is 6.39. The first-order chi connectivity index (χ1) is 11.3. The molecule has 1 aromatic carbocycles. The van der Waals surface area contributed by atoms with E-state index >= 15 is 0 Å². The Morgan fingerprint density at radius 1 is 1.36 bits per heavy atom. The van der Waals surface area contributed by atoms with Gasteiger partial charge in [0.05, 0.1) is 19.6 Å². The molecule has 1 unspecified atom stereocenters. The molecule has 0 fully saturated rings. The van der Waals surface area contributed by atoms with Gasteiger partial charge in [-0.2, -0.15) is 0 Å². The number of ether oxygens (including phenoxy) is 1. The van der Waals surface area contributed by atoms with Gasteiger partial charge in [0.25, 0.3) is 0 Å². The number of aliphatic imine (C=N–C) groups is 1. The number of esters is 1. The van der Waals surface area contributed by atoms with Crippen LogP contribution in [0.3, 0.4) is 0 Å². The molecule has 7 heteroatoms. The lowest BCUT2D eigenvalue weighted by molar-refractivity contribution is -0.144. The number of halogens is 2. The van der Waals surface area contributed by atoms with Crippen molar-refractivity contribution in [2.45, 2.75) is 33.1 Å². The molecular weight excluding hydrogens is 436 g/mol. The van der Waals surface area contributed by atoms with Crippen molar-refractivity contribution in [1.82, 2.24) is 10.6 Å². The number of methoxy groups -OCH3 is 1. The summed E-state index contributed by atoms with van der Waals surface area (Å²) in [6, 6.07) is 6.58. The zero-order chi connectivity index (χ0) is 18.2. The molecule has 0 aromatic heterocycles. The van der Waals surface area contributed by atoms with E-state index in [-0.39, 0.29) is 47.1 Å². The number of carbonyl (C=O) groups is 1. The summed E-state index contributed by atoms with van der Waals surface area (Å²) >= 11 is 0. The first-order valence-electron chi connectivity index (χ1n) is 8.16. The molecular formula is C18H29FIN3O2. The summed E-state index contributed by atoms with van der Waals surface area (Å²) in [7, 11) is 1.37. The van der Waals surface area contributed by atoms with Crippen molar-refractivity contribution in [1.29, 1.82) is 0 Å². The molecule has 1 atom stereocenters. The fraction of sp³-hybridized carbons (Fsp3) is 0.556. The predicted molar refractivity (Wildman–Crippen MR) is 110 cm³/mol. The Kier molecular flexibility index (Phi) is 10.7. The number of nitrogens with one attached hydrogen (secondary N) is 2. The van der Waals surface area contributed by atoms with Gasteiger partial charge < -0.3 is 15.4 Å². The van der Waals surface area contributed by atoms with Gasteiger partial charge in [-0.25, -0.2) is 4.39 Å². The van der Waals surface area contributed by atoms with Crippen LogP contribution in [0.25, 0.3) is 0 Å². The third kappa shape index (κ3) is 8.02. The fourth-order valence-electron chi connectivity index (χ4n) is 2.15. The highest BCUT2D eigenvalue weighted by atomic mass is 127. The van der Waals surface area contributed by atoms with E-state index in [1.165, 1.54) is 19.2 Å². The summed E-state index contributed by atoms with van der Waals surface area (Å²) < 4.78 is 18.1. The minimum absolute atomic E-state index is 0. The lowest BCUT2D eigenvalue weighted by atomic mass is 9.85. The van der Waals surface area contributed by atoms with Gasteiger partial charge in [-0.05, 0) is 24.6 Å². The number of carbonyl (C=O) groups excluding carboxylic acids is 1. The van der Waals surface area contributed by atoms with Crippen molar-refractivity contribution >= 4 is 35.9 Å². The smallest absolute Gasteiger partial charge is 0.310 e. The summed E-state index contributed by atoms with van der Waals surface area (Å²) in [5, 5.41) is 6.28. The molecule has 0 bridgehead atoms. The molecule has 1 rings (SSSR count). The molecule has 0 aliphatic rings. The van der Waals surface area contributed by atoms with Crippen LogP contribution in [0, 0.1) is 11.7 Å². The number of hydrogen-bond acceptors (Lipinski definition) is 3. The minimum Gasteiger partial charge on any atom is -0.469 e. The van der Waals surface area contributed by atoms with Crippen LogP contribution in [0.1, 0.15) is 33.3 Å². The van der Waals surface area contributed by atoms with Crippen LogP contribution in [-0.4, -0.2) is 38.7 Å². The maximum Gasteiger partial charge on any atom is 0.310 e. The van der Waals surface area contributed by atoms with E-state index in [4.69, 9.17) is 4.74 Å². The number of nitrogens with zero attached hydrogens (tertiary/aromatic N) is 1. The van der Waals surface area contributed by atoms with Crippen LogP contribution in [0.15, 0.2) is 29.3 Å². The van der Waals surface area contributed by atoms with Gasteiger partial charge in [0, 0.05) is 18.5 Å². The Hall–Kier alpha value is -1.38. The molecule has 0 aliphatic carbocycles.